The first-order valence-electron chi connectivity index (χ1n) is 10.2. The summed E-state index contributed by atoms with van der Waals surface area (Å²) in [6.45, 7) is 0.255. The van der Waals surface area contributed by atoms with Crippen LogP contribution < -0.4 is 15.0 Å². The van der Waals surface area contributed by atoms with Gasteiger partial charge in [-0.05, 0) is 85.5 Å². The molecule has 1 fully saturated rings. The summed E-state index contributed by atoms with van der Waals surface area (Å²) in [4.78, 5) is 48.9. The third-order valence-electron chi connectivity index (χ3n) is 5.02. The van der Waals surface area contributed by atoms with Gasteiger partial charge in [-0.1, -0.05) is 23.7 Å². The Morgan fingerprint density at radius 1 is 1.03 bits per heavy atom. The van der Waals surface area contributed by atoms with Gasteiger partial charge in [0.1, 0.15) is 17.9 Å². The summed E-state index contributed by atoms with van der Waals surface area (Å²) in [7, 11) is 0. The molecule has 12 heteroatoms. The summed E-state index contributed by atoms with van der Waals surface area (Å²) in [5.41, 5.74) is 0.920. The van der Waals surface area contributed by atoms with E-state index in [1.807, 2.05) is 12.1 Å². The van der Waals surface area contributed by atoms with Crippen LogP contribution in [0.15, 0.2) is 75.2 Å². The minimum atomic E-state index is -0.955. The zero-order valence-electron chi connectivity index (χ0n) is 18.0. The number of non-ortho nitro benzene ring substituents is 1. The van der Waals surface area contributed by atoms with Crippen LogP contribution in [0.4, 0.5) is 16.2 Å². The molecule has 0 saturated carbocycles. The molecular formula is C24H14Br2ClN3O6. The van der Waals surface area contributed by atoms with Gasteiger partial charge >= 0.3 is 6.03 Å². The van der Waals surface area contributed by atoms with E-state index in [0.717, 1.165) is 22.6 Å². The van der Waals surface area contributed by atoms with Crippen LogP contribution in [0, 0.1) is 10.1 Å². The van der Waals surface area contributed by atoms with Crippen LogP contribution in [0.25, 0.3) is 6.08 Å². The van der Waals surface area contributed by atoms with Crippen molar-refractivity contribution in [1.29, 1.82) is 0 Å². The highest BCUT2D eigenvalue weighted by molar-refractivity contribution is 9.11. The molecule has 1 saturated heterocycles. The first-order chi connectivity index (χ1) is 17.1. The number of halogens is 3. The van der Waals surface area contributed by atoms with Gasteiger partial charge in [-0.2, -0.15) is 0 Å². The van der Waals surface area contributed by atoms with E-state index in [1.165, 1.54) is 18.2 Å². The molecule has 3 aromatic rings. The van der Waals surface area contributed by atoms with E-state index in [-0.39, 0.29) is 23.6 Å². The van der Waals surface area contributed by atoms with Gasteiger partial charge in [-0.3, -0.25) is 25.0 Å². The Bertz CT molecular complexity index is 1420. The highest BCUT2D eigenvalue weighted by atomic mass is 79.9. The summed E-state index contributed by atoms with van der Waals surface area (Å²) in [5.74, 6) is -1.23. The molecule has 0 spiro atoms. The molecule has 0 atom stereocenters. The number of nitro groups is 1. The van der Waals surface area contributed by atoms with E-state index in [2.05, 4.69) is 37.2 Å². The second-order valence-corrected chi connectivity index (χ2v) is 9.61. The first-order valence-corrected chi connectivity index (χ1v) is 12.1. The second-order valence-electron chi connectivity index (χ2n) is 7.46. The molecule has 4 amide bonds. The number of nitro benzene ring substituents is 1. The average molecular weight is 636 g/mol. The van der Waals surface area contributed by atoms with Crippen molar-refractivity contribution in [3.63, 3.8) is 0 Å². The van der Waals surface area contributed by atoms with Crippen LogP contribution in [0.1, 0.15) is 11.1 Å². The Morgan fingerprint density at radius 2 is 1.69 bits per heavy atom. The quantitative estimate of drug-likeness (QED) is 0.153. The fraction of sp³-hybridized carbons (Fsp3) is 0.0417. The SMILES string of the molecule is O=C1NC(=O)N(c2ccc([N+](=O)[O-])cc2)C(=O)/C1=C/c1cc(Br)c(OCc2cccc(Cl)c2)c(Br)c1. The number of nitrogens with zero attached hydrogens (tertiary/aromatic N) is 2. The predicted octanol–water partition coefficient (Wildman–Crippen LogP) is 6.02. The number of nitrogens with one attached hydrogen (secondary N) is 1. The smallest absolute Gasteiger partial charge is 0.335 e. The molecule has 0 radical (unpaired) electrons. The van der Waals surface area contributed by atoms with Crippen molar-refractivity contribution in [1.82, 2.24) is 5.32 Å². The van der Waals surface area contributed by atoms with Crippen molar-refractivity contribution in [3.05, 3.63) is 101 Å². The number of benzene rings is 3. The molecular weight excluding hydrogens is 622 g/mol. The normalized spacial score (nSPS) is 14.7. The Hall–Kier alpha value is -3.54. The maximum atomic E-state index is 13.1. The molecule has 182 valence electrons. The number of urea groups is 1. The molecule has 1 aliphatic heterocycles. The van der Waals surface area contributed by atoms with E-state index in [1.54, 1.807) is 24.3 Å². The molecule has 1 aliphatic rings. The van der Waals surface area contributed by atoms with E-state index >= 15 is 0 Å². The first kappa shape index (κ1) is 25.5. The summed E-state index contributed by atoms with van der Waals surface area (Å²) in [5, 5.41) is 13.6. The van der Waals surface area contributed by atoms with E-state index in [9.17, 15) is 24.5 Å². The Balaban J connectivity index is 1.60. The fourth-order valence-electron chi connectivity index (χ4n) is 3.37. The predicted molar refractivity (Wildman–Crippen MR) is 140 cm³/mol. The zero-order chi connectivity index (χ0) is 26.0. The number of hydrogen-bond acceptors (Lipinski definition) is 6. The molecule has 0 bridgehead atoms. The zero-order valence-corrected chi connectivity index (χ0v) is 22.0. The minimum Gasteiger partial charge on any atom is -0.487 e. The number of carbonyl (C=O) groups is 3. The van der Waals surface area contributed by atoms with Crippen LogP contribution in [-0.4, -0.2) is 22.8 Å². The van der Waals surface area contributed by atoms with Crippen LogP contribution in [0.3, 0.4) is 0 Å². The van der Waals surface area contributed by atoms with E-state index in [4.69, 9.17) is 16.3 Å². The molecule has 36 heavy (non-hydrogen) atoms. The fourth-order valence-corrected chi connectivity index (χ4v) is 5.03. The van der Waals surface area contributed by atoms with E-state index < -0.39 is 22.8 Å². The van der Waals surface area contributed by atoms with Crippen molar-refractivity contribution in [2.45, 2.75) is 6.61 Å². The van der Waals surface area contributed by atoms with Gasteiger partial charge in [0, 0.05) is 17.2 Å². The molecule has 0 unspecified atom stereocenters. The third-order valence-corrected chi connectivity index (χ3v) is 6.44. The lowest BCUT2D eigenvalue weighted by Gasteiger charge is -2.26. The number of barbiturate groups is 1. The van der Waals surface area contributed by atoms with Crippen LogP contribution >= 0.6 is 43.5 Å². The number of ether oxygens (including phenoxy) is 1. The monoisotopic (exact) mass is 633 g/mol. The molecule has 3 aromatic carbocycles. The van der Waals surface area contributed by atoms with Crippen molar-refractivity contribution in [2.24, 2.45) is 0 Å². The Labute approximate surface area is 226 Å². The van der Waals surface area contributed by atoms with Crippen LogP contribution in [0.2, 0.25) is 5.02 Å². The molecule has 1 N–H and O–H groups in total. The lowest BCUT2D eigenvalue weighted by atomic mass is 10.1. The molecule has 9 nitrogen and oxygen atoms in total. The topological polar surface area (TPSA) is 119 Å². The molecule has 4 rings (SSSR count). The van der Waals surface area contributed by atoms with Gasteiger partial charge < -0.3 is 4.74 Å². The standard InChI is InChI=1S/C24H14Br2ClN3O6/c25-19-10-14(11-20(26)21(19)36-12-13-2-1-3-15(27)8-13)9-18-22(31)28-24(33)29(23(18)32)16-4-6-17(7-5-16)30(34)35/h1-11H,12H2,(H,28,31,33)/b18-9+. The van der Waals surface area contributed by atoms with Gasteiger partial charge in [0.2, 0.25) is 0 Å². The largest absolute Gasteiger partial charge is 0.487 e. The van der Waals surface area contributed by atoms with E-state index in [0.29, 0.717) is 25.3 Å². The number of anilines is 1. The van der Waals surface area contributed by atoms with Crippen LogP contribution in [0.5, 0.6) is 5.75 Å². The highest BCUT2D eigenvalue weighted by Crippen LogP contribution is 2.36. The number of carbonyl (C=O) groups excluding carboxylic acids is 3. The van der Waals surface area contributed by atoms with Crippen LogP contribution in [-0.2, 0) is 16.2 Å². The van der Waals surface area contributed by atoms with Gasteiger partial charge in [-0.25, -0.2) is 9.69 Å². The summed E-state index contributed by atoms with van der Waals surface area (Å²) in [6, 6.07) is 14.4. The van der Waals surface area contributed by atoms with Gasteiger partial charge in [0.15, 0.2) is 0 Å². The molecule has 1 heterocycles. The maximum Gasteiger partial charge on any atom is 0.335 e. The van der Waals surface area contributed by atoms with Crippen molar-refractivity contribution >= 4 is 78.8 Å². The van der Waals surface area contributed by atoms with Gasteiger partial charge in [-0.15, -0.1) is 0 Å². The second kappa shape index (κ2) is 10.6. The van der Waals surface area contributed by atoms with Gasteiger partial charge in [0.25, 0.3) is 17.5 Å². The van der Waals surface area contributed by atoms with Crippen molar-refractivity contribution < 1.29 is 24.0 Å². The lowest BCUT2D eigenvalue weighted by molar-refractivity contribution is -0.384. The molecule has 0 aromatic heterocycles. The van der Waals surface area contributed by atoms with Crippen molar-refractivity contribution in [2.75, 3.05) is 4.90 Å². The minimum absolute atomic E-state index is 0.0774. The third kappa shape index (κ3) is 5.48. The number of amides is 4. The number of hydrogen-bond donors (Lipinski definition) is 1. The Kier molecular flexibility index (Phi) is 7.53. The number of imide groups is 2. The number of rotatable bonds is 6. The van der Waals surface area contributed by atoms with Gasteiger partial charge in [0.05, 0.1) is 19.6 Å². The summed E-state index contributed by atoms with van der Waals surface area (Å²) in [6.07, 6.45) is 1.33. The maximum absolute atomic E-state index is 13.1. The Morgan fingerprint density at radius 3 is 2.31 bits per heavy atom. The average Bonchev–Trinajstić information content (AvgIpc) is 2.81. The van der Waals surface area contributed by atoms with Crippen molar-refractivity contribution in [3.8, 4) is 5.75 Å². The highest BCUT2D eigenvalue weighted by Gasteiger charge is 2.37. The molecule has 0 aliphatic carbocycles. The summed E-state index contributed by atoms with van der Waals surface area (Å²) >= 11 is 12.9. The summed E-state index contributed by atoms with van der Waals surface area (Å²) < 4.78 is 7.00. The lowest BCUT2D eigenvalue weighted by Crippen LogP contribution is -2.54.